The lowest BCUT2D eigenvalue weighted by Gasteiger charge is -2.21. The number of halogens is 1. The van der Waals surface area contributed by atoms with Crippen molar-refractivity contribution in [3.63, 3.8) is 0 Å². The van der Waals surface area contributed by atoms with Crippen molar-refractivity contribution in [1.29, 1.82) is 0 Å². The predicted molar refractivity (Wildman–Crippen MR) is 74.2 cm³/mol. The second-order valence-corrected chi connectivity index (χ2v) is 5.00. The van der Waals surface area contributed by atoms with Gasteiger partial charge in [-0.3, -0.25) is 4.79 Å². The number of aliphatic hydroxyl groups is 1. The molecule has 0 aliphatic heterocycles. The Morgan fingerprint density at radius 2 is 1.89 bits per heavy atom. The van der Waals surface area contributed by atoms with Crippen LogP contribution >= 0.6 is 12.4 Å². The summed E-state index contributed by atoms with van der Waals surface area (Å²) in [6.45, 7) is 6.83. The minimum absolute atomic E-state index is 0. The Balaban J connectivity index is 0. The number of carbonyl (C=O) groups is 2. The van der Waals surface area contributed by atoms with Gasteiger partial charge in [0.1, 0.15) is 11.6 Å². The maximum absolute atomic E-state index is 11.5. The van der Waals surface area contributed by atoms with E-state index >= 15 is 0 Å². The Morgan fingerprint density at radius 1 is 1.37 bits per heavy atom. The zero-order valence-electron chi connectivity index (χ0n) is 11.7. The van der Waals surface area contributed by atoms with Crippen LogP contribution in [0.5, 0.6) is 0 Å². The first-order chi connectivity index (χ1) is 8.15. The second kappa shape index (κ2) is 8.95. The quantitative estimate of drug-likeness (QED) is 0.559. The van der Waals surface area contributed by atoms with Gasteiger partial charge in [-0.1, -0.05) is 0 Å². The third-order valence-corrected chi connectivity index (χ3v) is 1.91. The van der Waals surface area contributed by atoms with Crippen LogP contribution in [0.2, 0.25) is 0 Å². The van der Waals surface area contributed by atoms with Gasteiger partial charge in [0.15, 0.2) is 0 Å². The Morgan fingerprint density at radius 3 is 2.32 bits per heavy atom. The number of hydrogen-bond donors (Lipinski definition) is 4. The van der Waals surface area contributed by atoms with Crippen LogP contribution in [-0.2, 0) is 9.53 Å². The Hall–Kier alpha value is -1.05. The van der Waals surface area contributed by atoms with Crippen molar-refractivity contribution < 1.29 is 19.4 Å². The summed E-state index contributed by atoms with van der Waals surface area (Å²) >= 11 is 0. The van der Waals surface area contributed by atoms with Crippen LogP contribution in [-0.4, -0.2) is 47.9 Å². The van der Waals surface area contributed by atoms with Crippen molar-refractivity contribution in [2.24, 2.45) is 5.73 Å². The average Bonchev–Trinajstić information content (AvgIpc) is 2.22. The lowest BCUT2D eigenvalue weighted by Crippen LogP contribution is -2.48. The van der Waals surface area contributed by atoms with E-state index in [0.29, 0.717) is 0 Å². The zero-order valence-corrected chi connectivity index (χ0v) is 12.5. The first-order valence-electron chi connectivity index (χ1n) is 5.81. The van der Waals surface area contributed by atoms with Crippen molar-refractivity contribution >= 4 is 24.4 Å². The van der Waals surface area contributed by atoms with Gasteiger partial charge in [-0.05, 0) is 27.7 Å². The fraction of sp³-hybridized carbons (Fsp3) is 0.818. The predicted octanol–water partition coefficient (Wildman–Crippen LogP) is -0.243. The third-order valence-electron chi connectivity index (χ3n) is 1.91. The molecular formula is C11H24ClN3O4. The first-order valence-corrected chi connectivity index (χ1v) is 5.81. The Bertz CT molecular complexity index is 294. The summed E-state index contributed by atoms with van der Waals surface area (Å²) in [5.41, 5.74) is 4.58. The molecule has 114 valence electrons. The van der Waals surface area contributed by atoms with Gasteiger partial charge in [0.2, 0.25) is 5.91 Å². The van der Waals surface area contributed by atoms with E-state index in [9.17, 15) is 14.7 Å². The molecule has 2 atom stereocenters. The highest BCUT2D eigenvalue weighted by atomic mass is 35.5. The summed E-state index contributed by atoms with van der Waals surface area (Å²) < 4.78 is 5.01. The minimum atomic E-state index is -0.789. The van der Waals surface area contributed by atoms with Crippen molar-refractivity contribution in [2.75, 3.05) is 13.1 Å². The molecule has 5 N–H and O–H groups in total. The molecule has 0 spiro atoms. The molecule has 2 amide bonds. The second-order valence-electron chi connectivity index (χ2n) is 5.00. The SMILES string of the molecule is C[C@H](NC(=O)OC(C)(C)C)C(=O)NCC(O)CN.Cl. The zero-order chi connectivity index (χ0) is 14.3. The summed E-state index contributed by atoms with van der Waals surface area (Å²) in [4.78, 5) is 22.9. The fourth-order valence-electron chi connectivity index (χ4n) is 1.00. The molecule has 1 unspecified atom stereocenters. The Labute approximate surface area is 119 Å². The Kier molecular flexibility index (Phi) is 9.55. The van der Waals surface area contributed by atoms with Crippen molar-refractivity contribution in [3.8, 4) is 0 Å². The van der Waals surface area contributed by atoms with Gasteiger partial charge >= 0.3 is 6.09 Å². The summed E-state index contributed by atoms with van der Waals surface area (Å²) in [5, 5.41) is 14.0. The number of hydrogen-bond acceptors (Lipinski definition) is 5. The topological polar surface area (TPSA) is 114 Å². The normalized spacial score (nSPS) is 13.8. The monoisotopic (exact) mass is 297 g/mol. The molecule has 0 aliphatic carbocycles. The van der Waals surface area contributed by atoms with Crippen LogP contribution in [0.3, 0.4) is 0 Å². The molecule has 0 aromatic rings. The fourth-order valence-corrected chi connectivity index (χ4v) is 1.00. The smallest absolute Gasteiger partial charge is 0.408 e. The highest BCUT2D eigenvalue weighted by Gasteiger charge is 2.21. The van der Waals surface area contributed by atoms with E-state index < -0.39 is 29.7 Å². The highest BCUT2D eigenvalue weighted by molar-refractivity contribution is 5.85. The van der Waals surface area contributed by atoms with E-state index in [0.717, 1.165) is 0 Å². The van der Waals surface area contributed by atoms with Gasteiger partial charge in [-0.25, -0.2) is 4.79 Å². The average molecular weight is 298 g/mol. The van der Waals surface area contributed by atoms with E-state index in [4.69, 9.17) is 10.5 Å². The molecule has 0 aliphatic rings. The van der Waals surface area contributed by atoms with E-state index in [-0.39, 0.29) is 25.5 Å². The van der Waals surface area contributed by atoms with Crippen molar-refractivity contribution in [3.05, 3.63) is 0 Å². The van der Waals surface area contributed by atoms with Crippen LogP contribution in [0.4, 0.5) is 4.79 Å². The lowest BCUT2D eigenvalue weighted by molar-refractivity contribution is -0.123. The molecule has 0 saturated heterocycles. The number of rotatable bonds is 5. The standard InChI is InChI=1S/C11H23N3O4.ClH/c1-7(9(16)13-6-8(15)5-12)14-10(17)18-11(2,3)4;/h7-8,15H,5-6,12H2,1-4H3,(H,13,16)(H,14,17);1H/t7-,8?;/m0./s1. The van der Waals surface area contributed by atoms with Crippen LogP contribution in [0.25, 0.3) is 0 Å². The number of ether oxygens (including phenoxy) is 1. The van der Waals surface area contributed by atoms with Crippen LogP contribution < -0.4 is 16.4 Å². The number of nitrogens with two attached hydrogens (primary N) is 1. The molecule has 8 heteroatoms. The van der Waals surface area contributed by atoms with Gasteiger partial charge in [-0.2, -0.15) is 0 Å². The number of amides is 2. The van der Waals surface area contributed by atoms with E-state index in [2.05, 4.69) is 10.6 Å². The van der Waals surface area contributed by atoms with E-state index in [1.807, 2.05) is 0 Å². The van der Waals surface area contributed by atoms with Gasteiger partial charge in [0, 0.05) is 13.1 Å². The maximum atomic E-state index is 11.5. The van der Waals surface area contributed by atoms with Crippen molar-refractivity contribution in [1.82, 2.24) is 10.6 Å². The molecule has 0 fully saturated rings. The molecule has 0 saturated carbocycles. The van der Waals surface area contributed by atoms with Crippen LogP contribution in [0, 0.1) is 0 Å². The number of carbonyl (C=O) groups excluding carboxylic acids is 2. The lowest BCUT2D eigenvalue weighted by atomic mass is 10.2. The minimum Gasteiger partial charge on any atom is -0.444 e. The van der Waals surface area contributed by atoms with Gasteiger partial charge in [0.05, 0.1) is 6.10 Å². The molecule has 0 bridgehead atoms. The summed E-state index contributed by atoms with van der Waals surface area (Å²) in [5.74, 6) is -0.409. The molecule has 0 radical (unpaired) electrons. The number of nitrogens with one attached hydrogen (secondary N) is 2. The third kappa shape index (κ3) is 10.5. The van der Waals surface area contributed by atoms with Gasteiger partial charge in [0.25, 0.3) is 0 Å². The van der Waals surface area contributed by atoms with E-state index in [1.54, 1.807) is 20.8 Å². The van der Waals surface area contributed by atoms with Gasteiger partial charge < -0.3 is 26.2 Å². The molecular weight excluding hydrogens is 274 g/mol. The maximum Gasteiger partial charge on any atom is 0.408 e. The van der Waals surface area contributed by atoms with Crippen LogP contribution in [0.15, 0.2) is 0 Å². The van der Waals surface area contributed by atoms with Gasteiger partial charge in [-0.15, -0.1) is 12.4 Å². The first kappa shape index (κ1) is 20.3. The van der Waals surface area contributed by atoms with Crippen molar-refractivity contribution in [2.45, 2.75) is 45.4 Å². The number of alkyl carbamates (subject to hydrolysis) is 1. The number of aliphatic hydroxyl groups excluding tert-OH is 1. The molecule has 7 nitrogen and oxygen atoms in total. The summed E-state index contributed by atoms with van der Waals surface area (Å²) in [6.07, 6.45) is -1.45. The molecule has 0 rings (SSSR count). The van der Waals surface area contributed by atoms with Crippen LogP contribution in [0.1, 0.15) is 27.7 Å². The van der Waals surface area contributed by atoms with E-state index in [1.165, 1.54) is 6.92 Å². The summed E-state index contributed by atoms with van der Waals surface area (Å²) in [7, 11) is 0. The molecule has 0 heterocycles. The molecule has 0 aromatic carbocycles. The largest absolute Gasteiger partial charge is 0.444 e. The highest BCUT2D eigenvalue weighted by Crippen LogP contribution is 2.06. The molecule has 0 aromatic heterocycles. The molecule has 19 heavy (non-hydrogen) atoms. The summed E-state index contributed by atoms with van der Waals surface area (Å²) in [6, 6.07) is -0.746.